The molecule has 0 bridgehead atoms. The Balaban J connectivity index is 1.97. The summed E-state index contributed by atoms with van der Waals surface area (Å²) < 4.78 is 0. The van der Waals surface area contributed by atoms with Gasteiger partial charge in [-0.1, -0.05) is 91.3 Å². The van der Waals surface area contributed by atoms with Crippen molar-refractivity contribution in [2.45, 2.75) is 65.6 Å². The normalized spacial score (nSPS) is 12.6. The highest BCUT2D eigenvalue weighted by atomic mass is 16.2. The highest BCUT2D eigenvalue weighted by Gasteiger charge is 2.31. The first kappa shape index (κ1) is 25.2. The van der Waals surface area contributed by atoms with Gasteiger partial charge in [-0.15, -0.1) is 0 Å². The fraction of sp³-hybridized carbons (Fsp3) is 0.333. The maximum Gasteiger partial charge on any atom is 0.243 e. The van der Waals surface area contributed by atoms with Crippen LogP contribution in [-0.2, 0) is 29.0 Å². The van der Waals surface area contributed by atoms with E-state index in [1.54, 1.807) is 4.90 Å². The summed E-state index contributed by atoms with van der Waals surface area (Å²) in [5, 5.41) is 3.12. The minimum absolute atomic E-state index is 0.0401. The number of benzene rings is 3. The van der Waals surface area contributed by atoms with Gasteiger partial charge in [-0.25, -0.2) is 0 Å². The lowest BCUT2D eigenvalue weighted by Crippen LogP contribution is -2.52. The Labute approximate surface area is 204 Å². The first-order valence-corrected chi connectivity index (χ1v) is 12.1. The number of carbonyl (C=O) groups excluding carboxylic acids is 2. The van der Waals surface area contributed by atoms with Crippen molar-refractivity contribution in [3.05, 3.63) is 107 Å². The average molecular weight is 457 g/mol. The number of aryl methyl sites for hydroxylation is 2. The molecule has 0 aromatic heterocycles. The lowest BCUT2D eigenvalue weighted by Gasteiger charge is -2.33. The molecule has 0 aliphatic heterocycles. The van der Waals surface area contributed by atoms with Crippen LogP contribution < -0.4 is 5.32 Å². The largest absolute Gasteiger partial charge is 0.352 e. The summed E-state index contributed by atoms with van der Waals surface area (Å²) in [6, 6.07) is 25.4. The Morgan fingerprint density at radius 1 is 0.853 bits per heavy atom. The van der Waals surface area contributed by atoms with Crippen molar-refractivity contribution in [2.75, 3.05) is 0 Å². The molecule has 0 fully saturated rings. The van der Waals surface area contributed by atoms with Gasteiger partial charge in [0, 0.05) is 19.0 Å². The molecule has 178 valence electrons. The molecule has 2 amide bonds. The van der Waals surface area contributed by atoms with Gasteiger partial charge in [0.2, 0.25) is 11.8 Å². The van der Waals surface area contributed by atoms with Crippen LogP contribution in [-0.4, -0.2) is 28.8 Å². The quantitative estimate of drug-likeness (QED) is 0.444. The fourth-order valence-electron chi connectivity index (χ4n) is 3.95. The zero-order chi connectivity index (χ0) is 24.5. The second-order valence-electron chi connectivity index (χ2n) is 9.13. The molecule has 2 atom stereocenters. The van der Waals surface area contributed by atoms with E-state index in [9.17, 15) is 9.59 Å². The summed E-state index contributed by atoms with van der Waals surface area (Å²) in [6.07, 6.45) is 1.56. The summed E-state index contributed by atoms with van der Waals surface area (Å²) >= 11 is 0. The number of amides is 2. The average Bonchev–Trinajstić information content (AvgIpc) is 2.84. The van der Waals surface area contributed by atoms with Gasteiger partial charge < -0.3 is 10.2 Å². The molecule has 0 saturated carbocycles. The third-order valence-electron chi connectivity index (χ3n) is 6.35. The van der Waals surface area contributed by atoms with Crippen LogP contribution in [0.1, 0.15) is 48.1 Å². The molecule has 34 heavy (non-hydrogen) atoms. The molecule has 4 nitrogen and oxygen atoms in total. The highest BCUT2D eigenvalue weighted by molar-refractivity contribution is 5.89. The molecule has 0 saturated heterocycles. The van der Waals surface area contributed by atoms with E-state index in [4.69, 9.17) is 0 Å². The predicted octanol–water partition coefficient (Wildman–Crippen LogP) is 5.40. The van der Waals surface area contributed by atoms with Crippen molar-refractivity contribution in [3.8, 4) is 0 Å². The van der Waals surface area contributed by atoms with Crippen LogP contribution in [0, 0.1) is 13.8 Å². The van der Waals surface area contributed by atoms with Crippen LogP contribution in [0.15, 0.2) is 78.9 Å². The summed E-state index contributed by atoms with van der Waals surface area (Å²) in [5.74, 6) is -0.156. The Morgan fingerprint density at radius 2 is 1.50 bits per heavy atom. The second-order valence-corrected chi connectivity index (χ2v) is 9.13. The van der Waals surface area contributed by atoms with Gasteiger partial charge in [0.05, 0.1) is 6.42 Å². The van der Waals surface area contributed by atoms with Gasteiger partial charge in [0.15, 0.2) is 0 Å². The van der Waals surface area contributed by atoms with Crippen molar-refractivity contribution < 1.29 is 9.59 Å². The molecule has 0 heterocycles. The molecule has 3 aromatic carbocycles. The summed E-state index contributed by atoms with van der Waals surface area (Å²) in [6.45, 7) is 8.51. The zero-order valence-electron chi connectivity index (χ0n) is 20.8. The van der Waals surface area contributed by atoms with E-state index >= 15 is 0 Å². The van der Waals surface area contributed by atoms with Gasteiger partial charge >= 0.3 is 0 Å². The van der Waals surface area contributed by atoms with E-state index in [1.807, 2.05) is 107 Å². The van der Waals surface area contributed by atoms with E-state index < -0.39 is 6.04 Å². The zero-order valence-corrected chi connectivity index (χ0v) is 20.8. The Hall–Kier alpha value is -3.40. The molecule has 0 aliphatic rings. The molecule has 0 radical (unpaired) electrons. The maximum absolute atomic E-state index is 13.8. The number of nitrogens with one attached hydrogen (secondary N) is 1. The van der Waals surface area contributed by atoms with E-state index in [0.29, 0.717) is 13.0 Å². The molecular weight excluding hydrogens is 420 g/mol. The Bertz CT molecular complexity index is 1080. The molecule has 0 aliphatic carbocycles. The third-order valence-corrected chi connectivity index (χ3v) is 6.35. The Kier molecular flexibility index (Phi) is 9.03. The smallest absolute Gasteiger partial charge is 0.243 e. The lowest BCUT2D eigenvalue weighted by atomic mass is 10.00. The van der Waals surface area contributed by atoms with Gasteiger partial charge in [0.1, 0.15) is 6.04 Å². The molecule has 0 unspecified atom stereocenters. The first-order chi connectivity index (χ1) is 16.4. The summed E-state index contributed by atoms with van der Waals surface area (Å²) in [4.78, 5) is 29.1. The standard InChI is InChI=1S/C30H36N2O2/c1-5-24(4)31-30(34)28(19-25-12-7-6-8-13-25)32(21-27-14-10-9-11-23(27)3)29(33)20-26-17-15-22(2)16-18-26/h6-18,24,28H,5,19-21H2,1-4H3,(H,31,34)/t24-,28+/m1/s1. The fourth-order valence-corrected chi connectivity index (χ4v) is 3.95. The predicted molar refractivity (Wildman–Crippen MR) is 138 cm³/mol. The lowest BCUT2D eigenvalue weighted by molar-refractivity contribution is -0.141. The molecule has 1 N–H and O–H groups in total. The summed E-state index contributed by atoms with van der Waals surface area (Å²) in [5.41, 5.74) is 5.30. The maximum atomic E-state index is 13.8. The topological polar surface area (TPSA) is 49.4 Å². The first-order valence-electron chi connectivity index (χ1n) is 12.1. The van der Waals surface area contributed by atoms with Crippen molar-refractivity contribution in [1.82, 2.24) is 10.2 Å². The number of nitrogens with zero attached hydrogens (tertiary/aromatic N) is 1. The van der Waals surface area contributed by atoms with Crippen LogP contribution in [0.3, 0.4) is 0 Å². The molecule has 3 rings (SSSR count). The van der Waals surface area contributed by atoms with Crippen LogP contribution in [0.5, 0.6) is 0 Å². The van der Waals surface area contributed by atoms with Crippen molar-refractivity contribution in [1.29, 1.82) is 0 Å². The molecule has 4 heteroatoms. The minimum atomic E-state index is -0.603. The Morgan fingerprint density at radius 3 is 2.15 bits per heavy atom. The molecule has 0 spiro atoms. The number of rotatable bonds is 10. The summed E-state index contributed by atoms with van der Waals surface area (Å²) in [7, 11) is 0. The van der Waals surface area contributed by atoms with E-state index in [-0.39, 0.29) is 24.3 Å². The number of carbonyl (C=O) groups is 2. The van der Waals surface area contributed by atoms with Gasteiger partial charge in [-0.3, -0.25) is 9.59 Å². The van der Waals surface area contributed by atoms with Crippen LogP contribution in [0.4, 0.5) is 0 Å². The third kappa shape index (κ3) is 7.05. The van der Waals surface area contributed by atoms with Gasteiger partial charge in [-0.2, -0.15) is 0 Å². The van der Waals surface area contributed by atoms with Crippen molar-refractivity contribution in [3.63, 3.8) is 0 Å². The van der Waals surface area contributed by atoms with E-state index in [2.05, 4.69) is 5.32 Å². The van der Waals surface area contributed by atoms with Crippen LogP contribution in [0.2, 0.25) is 0 Å². The minimum Gasteiger partial charge on any atom is -0.352 e. The van der Waals surface area contributed by atoms with Crippen molar-refractivity contribution in [2.24, 2.45) is 0 Å². The van der Waals surface area contributed by atoms with Crippen LogP contribution in [0.25, 0.3) is 0 Å². The number of hydrogen-bond donors (Lipinski definition) is 1. The van der Waals surface area contributed by atoms with E-state index in [0.717, 1.165) is 34.2 Å². The monoisotopic (exact) mass is 456 g/mol. The molecular formula is C30H36N2O2. The van der Waals surface area contributed by atoms with Gasteiger partial charge in [-0.05, 0) is 49.4 Å². The number of hydrogen-bond acceptors (Lipinski definition) is 2. The SMILES string of the molecule is CC[C@@H](C)NC(=O)[C@H](Cc1ccccc1)N(Cc1ccccc1C)C(=O)Cc1ccc(C)cc1. The molecule has 3 aromatic rings. The van der Waals surface area contributed by atoms with E-state index in [1.165, 1.54) is 0 Å². The highest BCUT2D eigenvalue weighted by Crippen LogP contribution is 2.19. The van der Waals surface area contributed by atoms with Gasteiger partial charge in [0.25, 0.3) is 0 Å². The second kappa shape index (κ2) is 12.2. The van der Waals surface area contributed by atoms with Crippen LogP contribution >= 0.6 is 0 Å². The van der Waals surface area contributed by atoms with Crippen molar-refractivity contribution >= 4 is 11.8 Å².